The fourth-order valence-electron chi connectivity index (χ4n) is 3.25. The van der Waals surface area contributed by atoms with E-state index in [-0.39, 0.29) is 5.97 Å². The van der Waals surface area contributed by atoms with Crippen LogP contribution in [0.25, 0.3) is 23.0 Å². The number of benzene rings is 2. The molecule has 2 heterocycles. The van der Waals surface area contributed by atoms with Gasteiger partial charge in [0.1, 0.15) is 5.69 Å². The molecule has 0 aliphatic rings. The Labute approximate surface area is 188 Å². The molecule has 0 fully saturated rings. The molecular weight excluding hydrogens is 489 g/mol. The molecule has 0 N–H and O–H groups in total. The molecule has 2 aromatic carbocycles. The molecule has 150 valence electrons. The van der Waals surface area contributed by atoms with Crippen molar-refractivity contribution in [2.75, 3.05) is 7.11 Å². The number of nitrogens with zero attached hydrogens (tertiary/aromatic N) is 3. The smallest absolute Gasteiger partial charge is 0.335 e. The standard InChI is InChI=1S/C24H20IN3O2/c1-30-24(29)19(17-27-14-8-9-15-27)16-21-22(25)23(18-10-4-2-5-11-18)28(26-21)20-12-6-3-7-13-20/h2-16H,17H2,1H3/b19-16+. The Morgan fingerprint density at radius 3 is 2.27 bits per heavy atom. The van der Waals surface area contributed by atoms with Crippen LogP contribution < -0.4 is 0 Å². The van der Waals surface area contributed by atoms with Crippen LogP contribution in [0.3, 0.4) is 0 Å². The Bertz CT molecular complexity index is 1160. The van der Waals surface area contributed by atoms with Crippen molar-refractivity contribution in [3.05, 3.63) is 100 Å². The second-order valence-corrected chi connectivity index (χ2v) is 7.76. The Morgan fingerprint density at radius 2 is 1.63 bits per heavy atom. The van der Waals surface area contributed by atoms with Gasteiger partial charge in [0, 0.05) is 18.0 Å². The van der Waals surface area contributed by atoms with Gasteiger partial charge in [-0.25, -0.2) is 9.48 Å². The quantitative estimate of drug-likeness (QED) is 0.204. The molecule has 2 aromatic heterocycles. The van der Waals surface area contributed by atoms with Crippen molar-refractivity contribution in [2.24, 2.45) is 0 Å². The highest BCUT2D eigenvalue weighted by molar-refractivity contribution is 14.1. The third-order valence-corrected chi connectivity index (χ3v) is 5.74. The molecule has 6 heteroatoms. The zero-order valence-corrected chi connectivity index (χ0v) is 18.6. The first-order chi connectivity index (χ1) is 14.7. The van der Waals surface area contributed by atoms with E-state index in [4.69, 9.17) is 9.84 Å². The predicted molar refractivity (Wildman–Crippen MR) is 126 cm³/mol. The normalized spacial score (nSPS) is 11.5. The maximum absolute atomic E-state index is 12.4. The second-order valence-electron chi connectivity index (χ2n) is 6.68. The summed E-state index contributed by atoms with van der Waals surface area (Å²) >= 11 is 2.30. The van der Waals surface area contributed by atoms with E-state index in [2.05, 4.69) is 34.7 Å². The highest BCUT2D eigenvalue weighted by Gasteiger charge is 2.19. The van der Waals surface area contributed by atoms with Crippen LogP contribution in [0.1, 0.15) is 5.69 Å². The molecule has 4 rings (SSSR count). The minimum atomic E-state index is -0.366. The number of ether oxygens (including phenoxy) is 1. The van der Waals surface area contributed by atoms with Gasteiger partial charge in [-0.05, 0) is 52.9 Å². The topological polar surface area (TPSA) is 49.0 Å². The first kappa shape index (κ1) is 20.2. The zero-order valence-electron chi connectivity index (χ0n) is 16.4. The van der Waals surface area contributed by atoms with Crippen LogP contribution in [-0.2, 0) is 16.1 Å². The first-order valence-corrected chi connectivity index (χ1v) is 10.5. The van der Waals surface area contributed by atoms with E-state index in [9.17, 15) is 4.79 Å². The molecule has 0 amide bonds. The van der Waals surface area contributed by atoms with Gasteiger partial charge in [0.2, 0.25) is 0 Å². The minimum absolute atomic E-state index is 0.366. The Balaban J connectivity index is 1.86. The van der Waals surface area contributed by atoms with E-state index < -0.39 is 0 Å². The maximum Gasteiger partial charge on any atom is 0.335 e. The lowest BCUT2D eigenvalue weighted by Crippen LogP contribution is -2.11. The Morgan fingerprint density at radius 1 is 1.00 bits per heavy atom. The van der Waals surface area contributed by atoms with Gasteiger partial charge in [-0.2, -0.15) is 5.10 Å². The van der Waals surface area contributed by atoms with Gasteiger partial charge in [-0.1, -0.05) is 48.5 Å². The summed E-state index contributed by atoms with van der Waals surface area (Å²) in [6, 6.07) is 24.0. The molecule has 0 unspecified atom stereocenters. The van der Waals surface area contributed by atoms with Crippen LogP contribution in [0.4, 0.5) is 0 Å². The molecule has 4 aromatic rings. The number of aromatic nitrogens is 3. The first-order valence-electron chi connectivity index (χ1n) is 9.46. The largest absolute Gasteiger partial charge is 0.466 e. The van der Waals surface area contributed by atoms with E-state index in [1.807, 2.05) is 88.4 Å². The van der Waals surface area contributed by atoms with E-state index >= 15 is 0 Å². The van der Waals surface area contributed by atoms with Crippen LogP contribution in [-0.4, -0.2) is 27.4 Å². The number of carbonyl (C=O) groups excluding carboxylic acids is 1. The zero-order chi connectivity index (χ0) is 20.9. The van der Waals surface area contributed by atoms with Gasteiger partial charge in [0.25, 0.3) is 0 Å². The third-order valence-electron chi connectivity index (χ3n) is 4.68. The summed E-state index contributed by atoms with van der Waals surface area (Å²) in [6.45, 7) is 0.411. The molecule has 0 atom stereocenters. The Kier molecular flexibility index (Phi) is 6.13. The van der Waals surface area contributed by atoms with E-state index in [0.717, 1.165) is 26.2 Å². The maximum atomic E-state index is 12.4. The highest BCUT2D eigenvalue weighted by atomic mass is 127. The fraction of sp³-hybridized carbons (Fsp3) is 0.0833. The molecular formula is C24H20IN3O2. The van der Waals surface area contributed by atoms with Crippen molar-refractivity contribution >= 4 is 34.6 Å². The minimum Gasteiger partial charge on any atom is -0.466 e. The molecule has 0 bridgehead atoms. The molecule has 0 saturated heterocycles. The second kappa shape index (κ2) is 9.13. The van der Waals surface area contributed by atoms with Crippen molar-refractivity contribution in [3.8, 4) is 16.9 Å². The summed E-state index contributed by atoms with van der Waals surface area (Å²) in [4.78, 5) is 12.4. The van der Waals surface area contributed by atoms with Gasteiger partial charge < -0.3 is 9.30 Å². The number of hydrogen-bond donors (Lipinski definition) is 0. The summed E-state index contributed by atoms with van der Waals surface area (Å²) in [5.41, 5.74) is 4.26. The summed E-state index contributed by atoms with van der Waals surface area (Å²) in [7, 11) is 1.40. The average Bonchev–Trinajstić information content (AvgIpc) is 3.42. The van der Waals surface area contributed by atoms with Crippen molar-refractivity contribution in [2.45, 2.75) is 6.54 Å². The van der Waals surface area contributed by atoms with Gasteiger partial charge in [-0.3, -0.25) is 0 Å². The highest BCUT2D eigenvalue weighted by Crippen LogP contribution is 2.31. The van der Waals surface area contributed by atoms with Crippen LogP contribution in [0.15, 0.2) is 90.8 Å². The SMILES string of the molecule is COC(=O)/C(=C/c1nn(-c2ccccc2)c(-c2ccccc2)c1I)Cn1cccc1. The monoisotopic (exact) mass is 509 g/mol. The van der Waals surface area contributed by atoms with Crippen LogP contribution in [0.5, 0.6) is 0 Å². The number of hydrogen-bond acceptors (Lipinski definition) is 3. The lowest BCUT2D eigenvalue weighted by atomic mass is 10.1. The number of para-hydroxylation sites is 1. The van der Waals surface area contributed by atoms with Gasteiger partial charge in [0.15, 0.2) is 0 Å². The third kappa shape index (κ3) is 4.23. The lowest BCUT2D eigenvalue weighted by Gasteiger charge is -2.08. The Hall–Kier alpha value is -3.13. The van der Waals surface area contributed by atoms with Gasteiger partial charge >= 0.3 is 5.97 Å². The average molecular weight is 509 g/mol. The predicted octanol–water partition coefficient (Wildman–Crippen LogP) is 5.20. The number of halogens is 1. The van der Waals surface area contributed by atoms with E-state index in [1.54, 1.807) is 0 Å². The summed E-state index contributed by atoms with van der Waals surface area (Å²) in [5.74, 6) is -0.366. The number of rotatable bonds is 6. The molecule has 0 aliphatic carbocycles. The lowest BCUT2D eigenvalue weighted by molar-refractivity contribution is -0.136. The summed E-state index contributed by atoms with van der Waals surface area (Å²) in [6.07, 6.45) is 5.65. The van der Waals surface area contributed by atoms with E-state index in [1.165, 1.54) is 7.11 Å². The number of esters is 1. The van der Waals surface area contributed by atoms with Gasteiger partial charge in [0.05, 0.1) is 34.2 Å². The van der Waals surface area contributed by atoms with Crippen molar-refractivity contribution in [3.63, 3.8) is 0 Å². The van der Waals surface area contributed by atoms with Crippen molar-refractivity contribution in [1.29, 1.82) is 0 Å². The number of methoxy groups -OCH3 is 1. The molecule has 0 aliphatic heterocycles. The van der Waals surface area contributed by atoms with Crippen molar-refractivity contribution in [1.82, 2.24) is 14.3 Å². The molecule has 5 nitrogen and oxygen atoms in total. The number of carbonyl (C=O) groups is 1. The van der Waals surface area contributed by atoms with E-state index in [0.29, 0.717) is 12.1 Å². The molecule has 0 spiro atoms. The fourth-order valence-corrected chi connectivity index (χ4v) is 4.05. The van der Waals surface area contributed by atoms with Gasteiger partial charge in [-0.15, -0.1) is 0 Å². The van der Waals surface area contributed by atoms with Crippen LogP contribution in [0.2, 0.25) is 0 Å². The van der Waals surface area contributed by atoms with Crippen molar-refractivity contribution < 1.29 is 9.53 Å². The van der Waals surface area contributed by atoms with Crippen LogP contribution >= 0.6 is 22.6 Å². The molecule has 0 saturated carbocycles. The van der Waals surface area contributed by atoms with Crippen LogP contribution in [0, 0.1) is 3.57 Å². The summed E-state index contributed by atoms with van der Waals surface area (Å²) in [5, 5.41) is 4.86. The molecule has 0 radical (unpaired) electrons. The molecule has 30 heavy (non-hydrogen) atoms. The summed E-state index contributed by atoms with van der Waals surface area (Å²) < 4.78 is 9.85.